The largest absolute Gasteiger partial charge is 0.376 e. The fraction of sp³-hybridized carbons (Fsp3) is 0.261. The van der Waals surface area contributed by atoms with E-state index in [0.717, 1.165) is 41.2 Å². The molecule has 0 N–H and O–H groups in total. The highest BCUT2D eigenvalue weighted by molar-refractivity contribution is 7.98. The summed E-state index contributed by atoms with van der Waals surface area (Å²) in [6, 6.07) is 15.2. The first-order chi connectivity index (χ1) is 15.2. The third-order valence-electron chi connectivity index (χ3n) is 5.23. The maximum Gasteiger partial charge on any atom is 0.262 e. The van der Waals surface area contributed by atoms with Gasteiger partial charge in [-0.3, -0.25) is 9.36 Å². The fourth-order valence-corrected chi connectivity index (χ4v) is 5.61. The molecule has 1 aliphatic rings. The van der Waals surface area contributed by atoms with Gasteiger partial charge in [0.25, 0.3) is 5.56 Å². The Kier molecular flexibility index (Phi) is 6.09. The van der Waals surface area contributed by atoms with Crippen molar-refractivity contribution >= 4 is 45.6 Å². The van der Waals surface area contributed by atoms with Crippen molar-refractivity contribution in [2.24, 2.45) is 0 Å². The minimum absolute atomic E-state index is 0.0104. The van der Waals surface area contributed by atoms with E-state index < -0.39 is 0 Å². The predicted molar refractivity (Wildman–Crippen MR) is 127 cm³/mol. The van der Waals surface area contributed by atoms with E-state index in [0.29, 0.717) is 27.9 Å². The van der Waals surface area contributed by atoms with Crippen LogP contribution in [-0.4, -0.2) is 27.2 Å². The molecule has 5 nitrogen and oxygen atoms in total. The summed E-state index contributed by atoms with van der Waals surface area (Å²) in [4.78, 5) is 22.8. The van der Waals surface area contributed by atoms with E-state index in [1.807, 2.05) is 48.5 Å². The molecule has 0 bridgehead atoms. The topological polar surface area (TPSA) is 57.0 Å². The van der Waals surface area contributed by atoms with E-state index in [4.69, 9.17) is 26.3 Å². The highest BCUT2D eigenvalue weighted by atomic mass is 35.5. The summed E-state index contributed by atoms with van der Waals surface area (Å²) in [5, 5.41) is 5.07. The fourth-order valence-electron chi connectivity index (χ4n) is 3.65. The lowest BCUT2D eigenvalue weighted by Gasteiger charge is -2.16. The van der Waals surface area contributed by atoms with Gasteiger partial charge in [-0.25, -0.2) is 9.97 Å². The molecular formula is C23H20ClN3O2S2. The number of fused-ring (bicyclic) bond motifs is 1. The number of nitrogens with zero attached hydrogens (tertiary/aromatic N) is 3. The third kappa shape index (κ3) is 4.55. The number of thioether (sulfide) groups is 1. The Labute approximate surface area is 193 Å². The number of benzene rings is 2. The molecule has 3 heterocycles. The summed E-state index contributed by atoms with van der Waals surface area (Å²) < 4.78 is 7.56. The minimum Gasteiger partial charge on any atom is -0.376 e. The van der Waals surface area contributed by atoms with Crippen LogP contribution in [0.5, 0.6) is 0 Å². The number of aromatic nitrogens is 3. The Balaban J connectivity index is 1.41. The van der Waals surface area contributed by atoms with Crippen molar-refractivity contribution in [3.8, 4) is 10.6 Å². The van der Waals surface area contributed by atoms with Crippen LogP contribution < -0.4 is 5.56 Å². The van der Waals surface area contributed by atoms with Gasteiger partial charge in [0.05, 0.1) is 29.2 Å². The summed E-state index contributed by atoms with van der Waals surface area (Å²) in [5.41, 5.74) is 2.72. The van der Waals surface area contributed by atoms with E-state index in [1.165, 1.54) is 0 Å². The van der Waals surface area contributed by atoms with Crippen LogP contribution in [0.25, 0.3) is 21.5 Å². The molecule has 1 saturated heterocycles. The Morgan fingerprint density at radius 1 is 1.16 bits per heavy atom. The van der Waals surface area contributed by atoms with Crippen molar-refractivity contribution in [1.82, 2.24) is 14.5 Å². The molecule has 0 radical (unpaired) electrons. The average Bonchev–Trinajstić information content (AvgIpc) is 3.47. The number of hydrogen-bond donors (Lipinski definition) is 0. The Morgan fingerprint density at radius 2 is 2.00 bits per heavy atom. The molecule has 4 aromatic rings. The van der Waals surface area contributed by atoms with Gasteiger partial charge in [-0.2, -0.15) is 0 Å². The second kappa shape index (κ2) is 9.12. The third-order valence-corrected chi connectivity index (χ3v) is 7.43. The molecule has 8 heteroatoms. The minimum atomic E-state index is -0.0104. The first-order valence-electron chi connectivity index (χ1n) is 10.1. The van der Waals surface area contributed by atoms with Gasteiger partial charge in [0.15, 0.2) is 5.16 Å². The van der Waals surface area contributed by atoms with Crippen molar-refractivity contribution in [3.05, 3.63) is 75.0 Å². The van der Waals surface area contributed by atoms with Gasteiger partial charge in [0.1, 0.15) is 5.01 Å². The predicted octanol–water partition coefficient (Wildman–Crippen LogP) is 5.64. The standard InChI is InChI=1S/C23H20ClN3O2S2/c24-16-9-7-15(8-10-16)21-25-17(13-30-21)14-31-23-26-20-6-2-1-5-19(20)22(28)27(23)12-18-4-3-11-29-18/h1-2,5-10,13,18H,3-4,11-12,14H2. The molecule has 1 aliphatic heterocycles. The van der Waals surface area contributed by atoms with Crippen molar-refractivity contribution in [2.45, 2.75) is 36.4 Å². The van der Waals surface area contributed by atoms with Crippen molar-refractivity contribution < 1.29 is 4.74 Å². The van der Waals surface area contributed by atoms with Crippen LogP contribution in [0.3, 0.4) is 0 Å². The SMILES string of the molecule is O=c1c2ccccc2nc(SCc2csc(-c3ccc(Cl)cc3)n2)n1CC1CCCO1. The summed E-state index contributed by atoms with van der Waals surface area (Å²) in [5.74, 6) is 0.639. The van der Waals surface area contributed by atoms with Crippen LogP contribution in [0.4, 0.5) is 0 Å². The lowest BCUT2D eigenvalue weighted by Crippen LogP contribution is -2.28. The lowest BCUT2D eigenvalue weighted by atomic mass is 10.2. The van der Waals surface area contributed by atoms with Gasteiger partial charge >= 0.3 is 0 Å². The van der Waals surface area contributed by atoms with Crippen LogP contribution in [0.15, 0.2) is 63.9 Å². The average molecular weight is 470 g/mol. The lowest BCUT2D eigenvalue weighted by molar-refractivity contribution is 0.0937. The van der Waals surface area contributed by atoms with Crippen molar-refractivity contribution in [1.29, 1.82) is 0 Å². The van der Waals surface area contributed by atoms with Gasteiger partial charge < -0.3 is 4.74 Å². The molecule has 0 amide bonds. The van der Waals surface area contributed by atoms with E-state index in [-0.39, 0.29) is 11.7 Å². The van der Waals surface area contributed by atoms with Crippen molar-refractivity contribution in [2.75, 3.05) is 6.61 Å². The Hall–Kier alpha value is -2.19. The molecule has 1 unspecified atom stereocenters. The van der Waals surface area contributed by atoms with Gasteiger partial charge in [0, 0.05) is 28.3 Å². The molecular weight excluding hydrogens is 450 g/mol. The van der Waals surface area contributed by atoms with E-state index in [2.05, 4.69) is 5.38 Å². The van der Waals surface area contributed by atoms with Crippen LogP contribution >= 0.6 is 34.7 Å². The van der Waals surface area contributed by atoms with E-state index in [9.17, 15) is 4.79 Å². The number of rotatable bonds is 6. The molecule has 1 fully saturated rings. The van der Waals surface area contributed by atoms with Gasteiger partial charge in [0.2, 0.25) is 0 Å². The molecule has 0 spiro atoms. The molecule has 2 aromatic heterocycles. The second-order valence-corrected chi connectivity index (χ2v) is 9.64. The summed E-state index contributed by atoms with van der Waals surface area (Å²) in [7, 11) is 0. The zero-order valence-corrected chi connectivity index (χ0v) is 19.1. The Bertz CT molecular complexity index is 1260. The maximum absolute atomic E-state index is 13.2. The highest BCUT2D eigenvalue weighted by Gasteiger charge is 2.20. The van der Waals surface area contributed by atoms with E-state index in [1.54, 1.807) is 27.7 Å². The van der Waals surface area contributed by atoms with Crippen LogP contribution in [-0.2, 0) is 17.0 Å². The molecule has 1 atom stereocenters. The van der Waals surface area contributed by atoms with Crippen LogP contribution in [0.2, 0.25) is 5.02 Å². The van der Waals surface area contributed by atoms with Gasteiger partial charge in [-0.1, -0.05) is 47.6 Å². The molecule has 31 heavy (non-hydrogen) atoms. The van der Waals surface area contributed by atoms with Crippen LogP contribution in [0, 0.1) is 0 Å². The van der Waals surface area contributed by atoms with E-state index >= 15 is 0 Å². The zero-order chi connectivity index (χ0) is 21.2. The quantitative estimate of drug-likeness (QED) is 0.270. The first kappa shape index (κ1) is 20.7. The second-order valence-electron chi connectivity index (χ2n) is 7.40. The number of hydrogen-bond acceptors (Lipinski definition) is 6. The molecule has 158 valence electrons. The van der Waals surface area contributed by atoms with Crippen LogP contribution in [0.1, 0.15) is 18.5 Å². The highest BCUT2D eigenvalue weighted by Crippen LogP contribution is 2.29. The number of ether oxygens (including phenoxy) is 1. The van der Waals surface area contributed by atoms with Gasteiger partial charge in [-0.05, 0) is 37.1 Å². The molecule has 2 aromatic carbocycles. The summed E-state index contributed by atoms with van der Waals surface area (Å²) in [6.07, 6.45) is 2.07. The van der Waals surface area contributed by atoms with Gasteiger partial charge in [-0.15, -0.1) is 11.3 Å². The maximum atomic E-state index is 13.2. The normalized spacial score (nSPS) is 16.2. The number of halogens is 1. The first-order valence-corrected chi connectivity index (χ1v) is 12.4. The molecule has 5 rings (SSSR count). The summed E-state index contributed by atoms with van der Waals surface area (Å²) in [6.45, 7) is 1.29. The number of para-hydroxylation sites is 1. The smallest absolute Gasteiger partial charge is 0.262 e. The zero-order valence-electron chi connectivity index (χ0n) is 16.7. The summed E-state index contributed by atoms with van der Waals surface area (Å²) >= 11 is 9.13. The molecule has 0 saturated carbocycles. The Morgan fingerprint density at radius 3 is 2.81 bits per heavy atom. The van der Waals surface area contributed by atoms with Crippen molar-refractivity contribution in [3.63, 3.8) is 0 Å². The monoisotopic (exact) mass is 469 g/mol. The molecule has 0 aliphatic carbocycles. The number of thiazole rings is 1.